The standard InChI is InChI=1S/C57H74N14O29P4S4/c1-9-28-29(10-32(92-28)67-13-22(3)43(73)64-52(67)78)97-101(81,105)85-16-31-30(11-33(93-31)68-14-23(4)44(74)65-53(68)79)98-102(82,106)87-18-57-27(8)91-37(49(96-57)71-20-60-34-42(71)62-50(59)63-46(34)76)40(57)100-104(84,108)88-19-56-26(7)90-36(48(95-56)70-15-24(5)45(75)66-54(70)80)39(56)99-103(83,107)86-17-55-25(6)89-35(38(55)72)47(94-55)69-12-21(2)41(58)61-51(69)77/h12-15,20,25-33,35-40,47-49,72H,9-11,16-19H2,1-8H3,(H,81,105)(H,82,106)(H,83,107)(H,84,108)(H2,58,61,77)(H,64,73,78)(H,65,74,79)(H,66,75,80)(H3,59,62,63,76)/t25-,26-,27-,28+,29?,30?,31+,32+,33+,35-,36-,37-,38?,39?,40?,47+,48+,49+,55-,56-,57-,101?,102?,103?,104?/m0/s1. The van der Waals surface area contributed by atoms with Crippen LogP contribution in [0, 0.1) is 27.7 Å². The summed E-state index contributed by atoms with van der Waals surface area (Å²) in [5.74, 6) is -0.363. The number of H-pyrrole nitrogens is 4. The molecule has 8 fully saturated rings. The maximum Gasteiger partial charge on any atom is 0.351 e. The SMILES string of the molecule is CC[C@H]1O[C@@H](n2cc(C)c(=O)[nH]c2=O)CC1OP(O)(=S)OC[C@H]1O[C@@H](n2cc(C)c(=O)[nH]c2=O)CC1OP(O)(=S)OC[C@]12O[C@@H](n3cnc4c(=O)[nH]c(N)nc43)[C@@H](O[C@H]1C)C2OP(O)(=S)OC[C@]12O[C@@H](n3cc(C)c(=O)[nH]c3=O)[C@@H](O[C@H]1C)C2OP(O)(=S)OC[C@]12O[C@@H](n3cc(C)c(N)nc3=O)[C@@H](O[C@H]1C)C2O. The van der Waals surface area contributed by atoms with Crippen molar-refractivity contribution in [3.05, 3.63) is 137 Å². The third-order valence-electron chi connectivity index (χ3n) is 20.4. The van der Waals surface area contributed by atoms with Gasteiger partial charge in [-0.25, -0.2) is 24.2 Å². The summed E-state index contributed by atoms with van der Waals surface area (Å²) >= 11 is 22.7. The number of anilines is 2. The van der Waals surface area contributed by atoms with Gasteiger partial charge in [0.15, 0.2) is 29.8 Å². The van der Waals surface area contributed by atoms with Crippen molar-refractivity contribution in [2.24, 2.45) is 0 Å². The first-order valence-electron chi connectivity index (χ1n) is 33.3. The highest BCUT2D eigenvalue weighted by molar-refractivity contribution is 8.08. The molecular formula is C57H74N14O29P4S4. The van der Waals surface area contributed by atoms with Gasteiger partial charge in [-0.05, 0) is 102 Å². The van der Waals surface area contributed by atoms with Gasteiger partial charge in [0.1, 0.15) is 77.8 Å². The molecule has 0 aliphatic carbocycles. The number of aromatic amines is 4. The maximum absolute atomic E-state index is 13.7. The monoisotopic (exact) mass is 1670 g/mol. The molecular weight excluding hydrogens is 1600 g/mol. The van der Waals surface area contributed by atoms with Gasteiger partial charge in [0.2, 0.25) is 5.95 Å². The molecule has 43 nitrogen and oxygen atoms in total. The summed E-state index contributed by atoms with van der Waals surface area (Å²) in [4.78, 5) is 174. The molecule has 25 atom stereocenters. The molecule has 8 aliphatic heterocycles. The van der Waals surface area contributed by atoms with Crippen molar-refractivity contribution < 1.29 is 98.8 Å². The zero-order valence-electron chi connectivity index (χ0n) is 57.9. The van der Waals surface area contributed by atoms with Crippen molar-refractivity contribution in [2.45, 2.75) is 202 Å². The van der Waals surface area contributed by atoms with Crippen LogP contribution < -0.4 is 56.5 Å². The van der Waals surface area contributed by atoms with Crippen LogP contribution in [0.1, 0.15) is 100 Å². The van der Waals surface area contributed by atoms with Crippen molar-refractivity contribution in [1.82, 2.24) is 57.7 Å². The number of nitrogens with one attached hydrogen (secondary N) is 4. The van der Waals surface area contributed by atoms with Crippen LogP contribution in [0.3, 0.4) is 0 Å². The van der Waals surface area contributed by atoms with E-state index in [4.69, 9.17) is 133 Å². The molecule has 51 heteroatoms. The smallest absolute Gasteiger partial charge is 0.351 e. The number of hydrogen-bond donors (Lipinski definition) is 11. The van der Waals surface area contributed by atoms with E-state index in [-0.39, 0.29) is 52.5 Å². The molecule has 0 amide bonds. The lowest BCUT2D eigenvalue weighted by Gasteiger charge is -2.39. The quantitative estimate of drug-likeness (QED) is 0.0273. The number of aryl methyl sites for hydroxylation is 4. The third kappa shape index (κ3) is 14.4. The molecule has 0 radical (unpaired) electrons. The Morgan fingerprint density at radius 2 is 0.944 bits per heavy atom. The first kappa shape index (κ1) is 79.3. The van der Waals surface area contributed by atoms with Crippen LogP contribution in [-0.2, 0) is 121 Å². The zero-order valence-corrected chi connectivity index (χ0v) is 64.8. The lowest BCUT2D eigenvalue weighted by atomic mass is 9.94. The fraction of sp³-hybridized carbons (Fsp3) is 0.632. The third-order valence-corrected chi connectivity index (χ3v) is 26.6. The minimum absolute atomic E-state index is 0.0268. The van der Waals surface area contributed by atoms with E-state index in [1.54, 1.807) is 20.8 Å². The Labute approximate surface area is 626 Å². The van der Waals surface area contributed by atoms with Crippen LogP contribution in [0.4, 0.5) is 11.8 Å². The Morgan fingerprint density at radius 1 is 0.528 bits per heavy atom. The Bertz CT molecular complexity index is 5310. The number of hydrogen-bond acceptors (Lipinski definition) is 34. The van der Waals surface area contributed by atoms with Gasteiger partial charge in [-0.3, -0.25) is 71.0 Å². The molecule has 6 aromatic heterocycles. The summed E-state index contributed by atoms with van der Waals surface area (Å²) in [5.41, 5.74) is 0.217. The number of nitrogen functional groups attached to an aromatic ring is 2. The largest absolute Gasteiger partial charge is 0.387 e. The van der Waals surface area contributed by atoms with Crippen LogP contribution in [0.5, 0.6) is 0 Å². The highest BCUT2D eigenvalue weighted by Crippen LogP contribution is 2.63. The first-order chi connectivity index (χ1) is 50.7. The lowest BCUT2D eigenvalue weighted by molar-refractivity contribution is -0.218. The number of nitrogens with two attached hydrogens (primary N) is 2. The van der Waals surface area contributed by atoms with E-state index in [9.17, 15) is 63.0 Å². The molecule has 108 heavy (non-hydrogen) atoms. The number of imidazole rings is 1. The average Bonchev–Trinajstić information content (AvgIpc) is 1.56. The lowest BCUT2D eigenvalue weighted by Crippen LogP contribution is -2.52. The summed E-state index contributed by atoms with van der Waals surface area (Å²) in [6.07, 6.45) is -16.7. The van der Waals surface area contributed by atoms with Crippen LogP contribution in [0.2, 0.25) is 0 Å². The van der Waals surface area contributed by atoms with Crippen molar-refractivity contribution in [3.8, 4) is 0 Å². The van der Waals surface area contributed by atoms with Crippen molar-refractivity contribution >= 4 is 97.0 Å². The molecule has 8 saturated heterocycles. The van der Waals surface area contributed by atoms with Gasteiger partial charge >= 0.3 is 49.6 Å². The Balaban J connectivity index is 0.727. The van der Waals surface area contributed by atoms with Crippen LogP contribution in [0.15, 0.2) is 69.5 Å². The topological polar surface area (TPSA) is 564 Å². The van der Waals surface area contributed by atoms with Crippen molar-refractivity contribution in [3.63, 3.8) is 0 Å². The molecule has 0 spiro atoms. The number of rotatable bonds is 26. The van der Waals surface area contributed by atoms with Crippen molar-refractivity contribution in [2.75, 3.05) is 37.9 Å². The normalized spacial score (nSPS) is 35.6. The summed E-state index contributed by atoms with van der Waals surface area (Å²) < 4.78 is 106. The highest BCUT2D eigenvalue weighted by Gasteiger charge is 2.72. The van der Waals surface area contributed by atoms with Crippen LogP contribution in [-0.4, -0.2) is 205 Å². The number of aliphatic hydroxyl groups excluding tert-OH is 1. The minimum atomic E-state index is -4.89. The van der Waals surface area contributed by atoms with Crippen LogP contribution in [0.25, 0.3) is 11.2 Å². The number of aliphatic hydroxyl groups is 1. The second-order valence-corrected chi connectivity index (χ2v) is 38.4. The van der Waals surface area contributed by atoms with Gasteiger partial charge in [0, 0.05) is 59.9 Å². The Hall–Kier alpha value is -5.37. The van der Waals surface area contributed by atoms with E-state index in [0.29, 0.717) is 12.0 Å². The molecule has 0 aromatic carbocycles. The fourth-order valence-corrected chi connectivity index (χ4v) is 20.5. The van der Waals surface area contributed by atoms with Gasteiger partial charge < -0.3 is 101 Å². The van der Waals surface area contributed by atoms with Crippen LogP contribution >= 0.6 is 26.9 Å². The molecule has 8 aliphatic rings. The summed E-state index contributed by atoms with van der Waals surface area (Å²) in [6.45, 7) is -9.49. The number of ether oxygens (including phenoxy) is 8. The Morgan fingerprint density at radius 3 is 1.47 bits per heavy atom. The zero-order chi connectivity index (χ0) is 77.8. The fourth-order valence-electron chi connectivity index (χ4n) is 14.7. The van der Waals surface area contributed by atoms with E-state index in [1.165, 1.54) is 74.9 Å². The van der Waals surface area contributed by atoms with E-state index in [1.807, 2.05) is 0 Å². The first-order valence-corrected chi connectivity index (χ1v) is 43.7. The van der Waals surface area contributed by atoms with Gasteiger partial charge in [-0.1, -0.05) is 6.92 Å². The van der Waals surface area contributed by atoms with Gasteiger partial charge in [0.25, 0.3) is 22.2 Å². The molecule has 9 unspecified atom stereocenters. The second-order valence-electron chi connectivity index (χ2n) is 27.2. The van der Waals surface area contributed by atoms with E-state index >= 15 is 0 Å². The van der Waals surface area contributed by atoms with E-state index < -0.39 is 226 Å². The summed E-state index contributed by atoms with van der Waals surface area (Å²) in [7, 11) is 0. The molecule has 14 rings (SSSR count). The van der Waals surface area contributed by atoms with E-state index in [0.717, 1.165) is 13.7 Å². The predicted octanol–water partition coefficient (Wildman–Crippen LogP) is -1.59. The molecule has 6 bridgehead atoms. The van der Waals surface area contributed by atoms with Crippen molar-refractivity contribution in [1.29, 1.82) is 0 Å². The molecule has 590 valence electrons. The minimum Gasteiger partial charge on any atom is -0.387 e. The average molecular weight is 1670 g/mol. The van der Waals surface area contributed by atoms with Gasteiger partial charge in [-0.2, -0.15) is 9.97 Å². The molecule has 0 saturated carbocycles. The molecule has 13 N–H and O–H groups in total. The number of fused-ring (bicyclic) bond motifs is 7. The summed E-state index contributed by atoms with van der Waals surface area (Å²) in [5, 5.41) is 11.7. The predicted molar refractivity (Wildman–Crippen MR) is 383 cm³/mol. The number of nitrogens with zero attached hydrogens (tertiary/aromatic N) is 8. The second kappa shape index (κ2) is 28.9. The van der Waals surface area contributed by atoms with Gasteiger partial charge in [0.05, 0.1) is 69.4 Å². The molecule has 14 heterocycles. The summed E-state index contributed by atoms with van der Waals surface area (Å²) in [6, 6.07) is 0. The molecule has 6 aromatic rings. The Kier molecular flexibility index (Phi) is 21.2. The highest BCUT2D eigenvalue weighted by atomic mass is 32.5. The van der Waals surface area contributed by atoms with E-state index in [2.05, 4.69) is 34.9 Å². The van der Waals surface area contributed by atoms with Gasteiger partial charge in [-0.15, -0.1) is 0 Å². The maximum atomic E-state index is 13.7. The number of aromatic nitrogens is 12.